The lowest BCUT2D eigenvalue weighted by atomic mass is 10.2. The zero-order valence-corrected chi connectivity index (χ0v) is 11.1. The third kappa shape index (κ3) is 3.09. The summed E-state index contributed by atoms with van der Waals surface area (Å²) in [5.74, 6) is 0.451. The van der Waals surface area contributed by atoms with Crippen LogP contribution in [0.1, 0.15) is 0 Å². The lowest BCUT2D eigenvalue weighted by Crippen LogP contribution is -2.34. The van der Waals surface area contributed by atoms with Crippen molar-refractivity contribution in [1.82, 2.24) is 4.57 Å². The number of imidazole rings is 1. The molecule has 0 atom stereocenters. The summed E-state index contributed by atoms with van der Waals surface area (Å²) in [4.78, 5) is 0. The quantitative estimate of drug-likeness (QED) is 0.422. The van der Waals surface area contributed by atoms with Gasteiger partial charge in [0, 0.05) is 12.1 Å². The van der Waals surface area contributed by atoms with Crippen molar-refractivity contribution in [3.63, 3.8) is 0 Å². The Labute approximate surface area is 112 Å². The van der Waals surface area contributed by atoms with Crippen LogP contribution in [0.3, 0.4) is 0 Å². The van der Waals surface area contributed by atoms with E-state index in [-0.39, 0.29) is 5.75 Å². The summed E-state index contributed by atoms with van der Waals surface area (Å²) in [6, 6.07) is 3.18. The maximum Gasteiger partial charge on any atom is 0.243 e. The number of methoxy groups -OCH3 is 1. The monoisotopic (exact) mass is 263 g/mol. The Morgan fingerprint density at radius 1 is 1.47 bits per heavy atom. The molecular formula is C13H19N4O2+. The molecule has 6 heteroatoms. The highest BCUT2D eigenvalue weighted by molar-refractivity contribution is 5.71. The lowest BCUT2D eigenvalue weighted by molar-refractivity contribution is -0.693. The number of nitrogen functional groups attached to an aromatic ring is 1. The molecule has 6 nitrogen and oxygen atoms in total. The summed E-state index contributed by atoms with van der Waals surface area (Å²) in [7, 11) is 3.47. The van der Waals surface area contributed by atoms with E-state index in [4.69, 9.17) is 10.5 Å². The van der Waals surface area contributed by atoms with Crippen LogP contribution in [-0.4, -0.2) is 23.3 Å². The predicted molar refractivity (Wildman–Crippen MR) is 73.2 cm³/mol. The van der Waals surface area contributed by atoms with Crippen molar-refractivity contribution in [2.24, 2.45) is 7.05 Å². The average molecular weight is 263 g/mol. The van der Waals surface area contributed by atoms with Crippen LogP contribution in [0.25, 0.3) is 0 Å². The number of phenolic OH excluding ortho intramolecular Hbond substituents is 1. The van der Waals surface area contributed by atoms with E-state index in [0.717, 1.165) is 6.54 Å². The Kier molecular flexibility index (Phi) is 3.79. The number of aromatic nitrogens is 2. The van der Waals surface area contributed by atoms with Gasteiger partial charge in [0.25, 0.3) is 0 Å². The Morgan fingerprint density at radius 2 is 2.26 bits per heavy atom. The van der Waals surface area contributed by atoms with Crippen molar-refractivity contribution in [2.75, 3.05) is 24.7 Å². The van der Waals surface area contributed by atoms with E-state index in [0.29, 0.717) is 23.7 Å². The van der Waals surface area contributed by atoms with Crippen LogP contribution in [-0.2, 0) is 13.6 Å². The molecule has 102 valence electrons. The molecule has 0 radical (unpaired) electrons. The number of nitrogens with zero attached hydrogens (tertiary/aromatic N) is 2. The highest BCUT2D eigenvalue weighted by Gasteiger charge is 2.07. The molecule has 1 aromatic heterocycles. The SMILES string of the molecule is COc1cc(N)c(NCC[n+]2ccn(C)c2)cc1O. The Bertz CT molecular complexity index is 566. The van der Waals surface area contributed by atoms with E-state index in [9.17, 15) is 5.11 Å². The molecule has 0 aliphatic rings. The van der Waals surface area contributed by atoms with Crippen LogP contribution in [0.4, 0.5) is 11.4 Å². The smallest absolute Gasteiger partial charge is 0.243 e. The molecule has 0 unspecified atom stereocenters. The molecule has 0 aliphatic carbocycles. The first-order chi connectivity index (χ1) is 9.10. The molecule has 0 fully saturated rings. The highest BCUT2D eigenvalue weighted by Crippen LogP contribution is 2.33. The highest BCUT2D eigenvalue weighted by atomic mass is 16.5. The third-order valence-corrected chi connectivity index (χ3v) is 2.86. The van der Waals surface area contributed by atoms with Crippen molar-refractivity contribution in [2.45, 2.75) is 6.54 Å². The molecule has 0 spiro atoms. The van der Waals surface area contributed by atoms with Crippen LogP contribution in [0.2, 0.25) is 0 Å². The van der Waals surface area contributed by atoms with Gasteiger partial charge in [0.05, 0.1) is 32.1 Å². The van der Waals surface area contributed by atoms with Gasteiger partial charge in [-0.25, -0.2) is 9.13 Å². The van der Waals surface area contributed by atoms with Crippen molar-refractivity contribution < 1.29 is 14.4 Å². The summed E-state index contributed by atoms with van der Waals surface area (Å²) < 4.78 is 9.03. The van der Waals surface area contributed by atoms with Gasteiger partial charge >= 0.3 is 0 Å². The van der Waals surface area contributed by atoms with Gasteiger partial charge in [-0.05, 0) is 0 Å². The van der Waals surface area contributed by atoms with E-state index >= 15 is 0 Å². The maximum absolute atomic E-state index is 9.71. The van der Waals surface area contributed by atoms with Crippen LogP contribution in [0.15, 0.2) is 30.9 Å². The fourth-order valence-corrected chi connectivity index (χ4v) is 1.85. The minimum Gasteiger partial charge on any atom is -0.504 e. The van der Waals surface area contributed by atoms with Gasteiger partial charge in [-0.15, -0.1) is 0 Å². The van der Waals surface area contributed by atoms with Crippen LogP contribution in [0, 0.1) is 0 Å². The van der Waals surface area contributed by atoms with Gasteiger partial charge in [0.1, 0.15) is 18.9 Å². The van der Waals surface area contributed by atoms with E-state index in [1.165, 1.54) is 7.11 Å². The predicted octanol–water partition coefficient (Wildman–Crippen LogP) is 0.721. The Balaban J connectivity index is 1.98. The fourth-order valence-electron chi connectivity index (χ4n) is 1.85. The number of ether oxygens (including phenoxy) is 1. The van der Waals surface area contributed by atoms with Gasteiger partial charge < -0.3 is 20.9 Å². The largest absolute Gasteiger partial charge is 0.504 e. The summed E-state index contributed by atoms with van der Waals surface area (Å²) in [5.41, 5.74) is 7.14. The summed E-state index contributed by atoms with van der Waals surface area (Å²) in [6.07, 6.45) is 5.97. The van der Waals surface area contributed by atoms with Crippen LogP contribution in [0.5, 0.6) is 11.5 Å². The molecule has 0 aliphatic heterocycles. The first-order valence-electron chi connectivity index (χ1n) is 6.01. The number of phenols is 1. The van der Waals surface area contributed by atoms with Crippen molar-refractivity contribution in [3.05, 3.63) is 30.9 Å². The van der Waals surface area contributed by atoms with E-state index in [2.05, 4.69) is 9.88 Å². The van der Waals surface area contributed by atoms with Gasteiger partial charge in [-0.3, -0.25) is 0 Å². The molecule has 0 saturated heterocycles. The number of benzene rings is 1. The molecular weight excluding hydrogens is 244 g/mol. The summed E-state index contributed by atoms with van der Waals surface area (Å²) >= 11 is 0. The second-order valence-corrected chi connectivity index (χ2v) is 4.35. The maximum atomic E-state index is 9.71. The van der Waals surface area contributed by atoms with Gasteiger partial charge in [0.15, 0.2) is 11.5 Å². The average Bonchev–Trinajstić information content (AvgIpc) is 2.79. The van der Waals surface area contributed by atoms with Crippen molar-refractivity contribution in [1.29, 1.82) is 0 Å². The minimum absolute atomic E-state index is 0.0755. The summed E-state index contributed by atoms with van der Waals surface area (Å²) in [6.45, 7) is 1.53. The topological polar surface area (TPSA) is 76.3 Å². The second-order valence-electron chi connectivity index (χ2n) is 4.35. The molecule has 2 aromatic rings. The molecule has 0 bridgehead atoms. The lowest BCUT2D eigenvalue weighted by Gasteiger charge is -2.11. The van der Waals surface area contributed by atoms with E-state index in [1.54, 1.807) is 12.1 Å². The van der Waals surface area contributed by atoms with Gasteiger partial charge in [0.2, 0.25) is 6.33 Å². The standard InChI is InChI=1S/C13H18N4O2/c1-16-5-6-17(9-16)4-3-15-11-8-12(18)13(19-2)7-10(11)14/h5-9,15H,3-4,14H2,1-2H3/p+1. The fraction of sp³-hybridized carbons (Fsp3) is 0.308. The first-order valence-corrected chi connectivity index (χ1v) is 6.01. The molecule has 4 N–H and O–H groups in total. The van der Waals surface area contributed by atoms with Gasteiger partial charge in [-0.2, -0.15) is 0 Å². The second kappa shape index (κ2) is 5.51. The van der Waals surface area contributed by atoms with Crippen molar-refractivity contribution in [3.8, 4) is 11.5 Å². The van der Waals surface area contributed by atoms with Crippen molar-refractivity contribution >= 4 is 11.4 Å². The summed E-state index contributed by atoms with van der Waals surface area (Å²) in [5, 5.41) is 12.9. The number of aromatic hydroxyl groups is 1. The molecule has 1 aromatic carbocycles. The van der Waals surface area contributed by atoms with Crippen LogP contribution < -0.4 is 20.4 Å². The number of hydrogen-bond donors (Lipinski definition) is 3. The Hall–Kier alpha value is -2.37. The molecule has 0 amide bonds. The molecule has 1 heterocycles. The number of hydrogen-bond acceptors (Lipinski definition) is 4. The zero-order chi connectivity index (χ0) is 13.8. The normalized spacial score (nSPS) is 10.4. The number of nitrogens with two attached hydrogens (primary N) is 1. The molecule has 19 heavy (non-hydrogen) atoms. The van der Waals surface area contributed by atoms with E-state index in [1.807, 2.05) is 30.3 Å². The zero-order valence-electron chi connectivity index (χ0n) is 11.1. The first kappa shape index (κ1) is 13.1. The van der Waals surface area contributed by atoms with E-state index < -0.39 is 0 Å². The van der Waals surface area contributed by atoms with Gasteiger partial charge in [-0.1, -0.05) is 0 Å². The number of rotatable bonds is 5. The third-order valence-electron chi connectivity index (χ3n) is 2.86. The number of aryl methyl sites for hydroxylation is 1. The number of anilines is 2. The Morgan fingerprint density at radius 3 is 2.89 bits per heavy atom. The molecule has 0 saturated carbocycles. The number of nitrogens with one attached hydrogen (secondary N) is 1. The van der Waals surface area contributed by atoms with Crippen LogP contribution >= 0.6 is 0 Å². The molecule has 2 rings (SSSR count). The minimum atomic E-state index is 0.0755.